The van der Waals surface area contributed by atoms with Crippen molar-refractivity contribution in [1.29, 1.82) is 0 Å². The zero-order chi connectivity index (χ0) is 56.5. The summed E-state index contributed by atoms with van der Waals surface area (Å²) in [6, 6.07) is -0.821. The molecule has 1 saturated heterocycles. The fraction of sp³-hybridized carbons (Fsp3) is 0.783. The van der Waals surface area contributed by atoms with Gasteiger partial charge in [-0.05, 0) is 70.6 Å². The Hall–Kier alpha value is -2.63. The third kappa shape index (κ3) is 46.0. The van der Waals surface area contributed by atoms with Crippen molar-refractivity contribution >= 4 is 5.91 Å². The minimum atomic E-state index is -1.58. The molecule has 452 valence electrons. The Balaban J connectivity index is 2.19. The van der Waals surface area contributed by atoms with Crippen LogP contribution in [0.4, 0.5) is 0 Å². The summed E-state index contributed by atoms with van der Waals surface area (Å²) in [5.74, 6) is -0.191. The Morgan fingerprint density at radius 1 is 0.449 bits per heavy atom. The Morgan fingerprint density at radius 2 is 0.795 bits per heavy atom. The SMILES string of the molecule is CC/C=C\C/C=C\C/C=C\C/C=C\C/C=C\C/C=C\CCCCCCCCC(=O)NC(COC1OC(CO)C(O)C(O)C1O)C(O)/C=C/CCCCCCCCCCCCCCCCCCCCCCCCCCCCCC. The maximum absolute atomic E-state index is 13.1. The van der Waals surface area contributed by atoms with Crippen molar-refractivity contribution in [3.05, 3.63) is 85.1 Å². The van der Waals surface area contributed by atoms with Crippen molar-refractivity contribution in [2.24, 2.45) is 0 Å². The van der Waals surface area contributed by atoms with Crippen LogP contribution in [-0.2, 0) is 14.3 Å². The van der Waals surface area contributed by atoms with Crippen LogP contribution in [0.25, 0.3) is 0 Å². The third-order valence-electron chi connectivity index (χ3n) is 15.2. The Bertz CT molecular complexity index is 1500. The summed E-state index contributed by atoms with van der Waals surface area (Å²) in [6.07, 6.45) is 75.2. The molecule has 0 radical (unpaired) electrons. The lowest BCUT2D eigenvalue weighted by Gasteiger charge is -2.40. The van der Waals surface area contributed by atoms with Crippen LogP contribution in [-0.4, -0.2) is 87.5 Å². The zero-order valence-electron chi connectivity index (χ0n) is 50.4. The van der Waals surface area contributed by atoms with E-state index in [-0.39, 0.29) is 12.5 Å². The van der Waals surface area contributed by atoms with E-state index in [9.17, 15) is 30.3 Å². The maximum atomic E-state index is 13.1. The van der Waals surface area contributed by atoms with Gasteiger partial charge in [0.2, 0.25) is 5.91 Å². The average Bonchev–Trinajstić information content (AvgIpc) is 3.45. The summed E-state index contributed by atoms with van der Waals surface area (Å²) < 4.78 is 11.3. The van der Waals surface area contributed by atoms with E-state index in [1.807, 2.05) is 6.08 Å². The van der Waals surface area contributed by atoms with E-state index < -0.39 is 49.5 Å². The lowest BCUT2D eigenvalue weighted by Crippen LogP contribution is -2.60. The van der Waals surface area contributed by atoms with E-state index >= 15 is 0 Å². The fourth-order valence-corrected chi connectivity index (χ4v) is 10.1. The van der Waals surface area contributed by atoms with Gasteiger partial charge in [0, 0.05) is 6.42 Å². The monoisotopic (exact) mass is 1090 g/mol. The van der Waals surface area contributed by atoms with Gasteiger partial charge in [0.15, 0.2) is 6.29 Å². The predicted molar refractivity (Wildman–Crippen MR) is 332 cm³/mol. The molecule has 7 unspecified atom stereocenters. The van der Waals surface area contributed by atoms with Crippen molar-refractivity contribution in [3.8, 4) is 0 Å². The number of carbonyl (C=O) groups is 1. The molecular formula is C69H123NO8. The molecule has 0 spiro atoms. The molecule has 0 bridgehead atoms. The van der Waals surface area contributed by atoms with Gasteiger partial charge in [-0.25, -0.2) is 0 Å². The fourth-order valence-electron chi connectivity index (χ4n) is 10.1. The van der Waals surface area contributed by atoms with E-state index in [2.05, 4.69) is 92.1 Å². The molecular weight excluding hydrogens is 971 g/mol. The maximum Gasteiger partial charge on any atom is 0.220 e. The largest absolute Gasteiger partial charge is 0.394 e. The van der Waals surface area contributed by atoms with E-state index in [1.54, 1.807) is 6.08 Å². The van der Waals surface area contributed by atoms with Gasteiger partial charge in [0.05, 0.1) is 25.4 Å². The summed E-state index contributed by atoms with van der Waals surface area (Å²) in [4.78, 5) is 13.1. The Morgan fingerprint density at radius 3 is 1.18 bits per heavy atom. The number of hydrogen-bond acceptors (Lipinski definition) is 8. The molecule has 0 aromatic heterocycles. The van der Waals surface area contributed by atoms with Crippen LogP contribution in [0.1, 0.15) is 290 Å². The highest BCUT2D eigenvalue weighted by Crippen LogP contribution is 2.23. The Labute approximate surface area is 480 Å². The molecule has 78 heavy (non-hydrogen) atoms. The second kappa shape index (κ2) is 57.6. The number of allylic oxidation sites excluding steroid dienone is 13. The van der Waals surface area contributed by atoms with Crippen molar-refractivity contribution < 1.29 is 39.8 Å². The summed E-state index contributed by atoms with van der Waals surface area (Å²) in [5.41, 5.74) is 0. The minimum Gasteiger partial charge on any atom is -0.394 e. The Kier molecular flexibility index (Phi) is 54.2. The highest BCUT2D eigenvalue weighted by Gasteiger charge is 2.44. The molecule has 0 aromatic rings. The van der Waals surface area contributed by atoms with Gasteiger partial charge in [-0.2, -0.15) is 0 Å². The molecule has 1 fully saturated rings. The number of hydrogen-bond donors (Lipinski definition) is 6. The van der Waals surface area contributed by atoms with Gasteiger partial charge in [-0.1, -0.05) is 298 Å². The number of nitrogens with one attached hydrogen (secondary N) is 1. The van der Waals surface area contributed by atoms with Crippen LogP contribution < -0.4 is 5.32 Å². The quantitative estimate of drug-likeness (QED) is 0.0261. The number of carbonyl (C=O) groups excluding carboxylic acids is 1. The molecule has 0 aliphatic carbocycles. The third-order valence-corrected chi connectivity index (χ3v) is 15.2. The number of aliphatic hydroxyl groups excluding tert-OH is 5. The number of aliphatic hydroxyl groups is 5. The number of rotatable bonds is 56. The summed E-state index contributed by atoms with van der Waals surface area (Å²) in [7, 11) is 0. The molecule has 1 heterocycles. The van der Waals surface area contributed by atoms with Crippen molar-refractivity contribution in [3.63, 3.8) is 0 Å². The van der Waals surface area contributed by atoms with Gasteiger partial charge in [0.1, 0.15) is 24.4 Å². The highest BCUT2D eigenvalue weighted by atomic mass is 16.7. The minimum absolute atomic E-state index is 0.191. The van der Waals surface area contributed by atoms with Crippen molar-refractivity contribution in [2.75, 3.05) is 13.2 Å². The van der Waals surface area contributed by atoms with Gasteiger partial charge in [0.25, 0.3) is 0 Å². The number of amides is 1. The first-order chi connectivity index (χ1) is 38.3. The topological polar surface area (TPSA) is 149 Å². The smallest absolute Gasteiger partial charge is 0.220 e. The molecule has 0 aromatic carbocycles. The van der Waals surface area contributed by atoms with E-state index in [0.29, 0.717) is 6.42 Å². The molecule has 9 nitrogen and oxygen atoms in total. The van der Waals surface area contributed by atoms with Crippen LogP contribution >= 0.6 is 0 Å². The van der Waals surface area contributed by atoms with Crippen molar-refractivity contribution in [2.45, 2.75) is 333 Å². The second-order valence-electron chi connectivity index (χ2n) is 22.5. The van der Waals surface area contributed by atoms with E-state index in [1.165, 1.54) is 167 Å². The molecule has 6 N–H and O–H groups in total. The first kappa shape index (κ1) is 73.4. The van der Waals surface area contributed by atoms with Crippen LogP contribution in [0.15, 0.2) is 85.1 Å². The first-order valence-electron chi connectivity index (χ1n) is 32.8. The van der Waals surface area contributed by atoms with Crippen LogP contribution in [0.2, 0.25) is 0 Å². The van der Waals surface area contributed by atoms with Crippen LogP contribution in [0.5, 0.6) is 0 Å². The van der Waals surface area contributed by atoms with Gasteiger partial charge in [-0.3, -0.25) is 4.79 Å². The van der Waals surface area contributed by atoms with E-state index in [4.69, 9.17) is 9.47 Å². The first-order valence-corrected chi connectivity index (χ1v) is 32.8. The van der Waals surface area contributed by atoms with E-state index in [0.717, 1.165) is 103 Å². The standard InChI is InChI=1S/C69H123NO8/c1-3-5-7-9-11-13-15-17-19-21-23-25-27-29-30-31-32-33-35-36-38-40-42-44-46-48-50-52-54-56-58-63(72)62(61-77-69-68(76)67(75)66(74)64(60-71)78-69)70-65(73)59-57-55-53-51-49-47-45-43-41-39-37-34-28-26-24-22-20-18-16-14-12-10-8-6-4-2/h6,8,12,14,18,20,24,26,34,37,41,43,56,58,62-64,66-69,71-72,74-76H,3-5,7,9-11,13,15-17,19,21-23,25,27-33,35-36,38-40,42,44-55,57,59-61H2,1-2H3,(H,70,73)/b8-6-,14-12-,20-18-,26-24-,37-34-,43-41-,58-56+. The second-order valence-corrected chi connectivity index (χ2v) is 22.5. The van der Waals surface area contributed by atoms with Gasteiger partial charge >= 0.3 is 0 Å². The van der Waals surface area contributed by atoms with Crippen LogP contribution in [0.3, 0.4) is 0 Å². The predicted octanol–water partition coefficient (Wildman–Crippen LogP) is 17.4. The highest BCUT2D eigenvalue weighted by molar-refractivity contribution is 5.76. The van der Waals surface area contributed by atoms with Crippen molar-refractivity contribution in [1.82, 2.24) is 5.32 Å². The molecule has 9 heteroatoms. The van der Waals surface area contributed by atoms with Gasteiger partial charge < -0.3 is 40.3 Å². The molecule has 7 atom stereocenters. The molecule has 1 aliphatic heterocycles. The molecule has 1 amide bonds. The van der Waals surface area contributed by atoms with Gasteiger partial charge in [-0.15, -0.1) is 0 Å². The normalized spacial score (nSPS) is 19.2. The molecule has 0 saturated carbocycles. The molecule has 1 aliphatic rings. The summed E-state index contributed by atoms with van der Waals surface area (Å²) in [6.45, 7) is 3.68. The van der Waals surface area contributed by atoms with Crippen LogP contribution in [0, 0.1) is 0 Å². The zero-order valence-corrected chi connectivity index (χ0v) is 50.4. The number of unbranched alkanes of at least 4 members (excludes halogenated alkanes) is 34. The summed E-state index contributed by atoms with van der Waals surface area (Å²) in [5, 5.41) is 54.7. The lowest BCUT2D eigenvalue weighted by atomic mass is 9.99. The molecule has 1 rings (SSSR count). The average molecular weight is 1090 g/mol. The number of ether oxygens (including phenoxy) is 2. The summed E-state index contributed by atoms with van der Waals surface area (Å²) >= 11 is 0. The lowest BCUT2D eigenvalue weighted by molar-refractivity contribution is -0.302.